The van der Waals surface area contributed by atoms with Crippen LogP contribution < -0.4 is 0 Å². The van der Waals surface area contributed by atoms with Crippen LogP contribution in [0.5, 0.6) is 0 Å². The zero-order chi connectivity index (χ0) is 15.6. The molecule has 1 aliphatic rings. The second-order valence-corrected chi connectivity index (χ2v) is 12.1. The maximum absolute atomic E-state index is 6.44. The Bertz CT molecular complexity index is 482. The summed E-state index contributed by atoms with van der Waals surface area (Å²) < 4.78 is 12.5. The maximum atomic E-state index is 6.44. The fourth-order valence-electron chi connectivity index (χ4n) is 1.94. The van der Waals surface area contributed by atoms with E-state index >= 15 is 0 Å². The number of hydrogen-bond donors (Lipinski definition) is 0. The van der Waals surface area contributed by atoms with Crippen LogP contribution in [-0.2, 0) is 9.16 Å². The van der Waals surface area contributed by atoms with Crippen molar-refractivity contribution in [3.8, 4) is 0 Å². The Kier molecular flexibility index (Phi) is 4.76. The van der Waals surface area contributed by atoms with E-state index in [-0.39, 0.29) is 10.8 Å². The lowest BCUT2D eigenvalue weighted by Crippen LogP contribution is -2.45. The SMILES string of the molecule is CC(C)(C)[Si](C)(C)OC1(OCC=Cc2ccccc2)CC1. The van der Waals surface area contributed by atoms with E-state index in [9.17, 15) is 0 Å². The highest BCUT2D eigenvalue weighted by Gasteiger charge is 2.52. The summed E-state index contributed by atoms with van der Waals surface area (Å²) in [7, 11) is -1.75. The molecule has 0 saturated heterocycles. The molecule has 0 amide bonds. The van der Waals surface area contributed by atoms with Crippen LogP contribution in [0.2, 0.25) is 18.1 Å². The first-order chi connectivity index (χ1) is 9.74. The lowest BCUT2D eigenvalue weighted by Gasteiger charge is -2.39. The van der Waals surface area contributed by atoms with Crippen LogP contribution >= 0.6 is 0 Å². The number of hydrogen-bond acceptors (Lipinski definition) is 2. The summed E-state index contributed by atoms with van der Waals surface area (Å²) in [5.74, 6) is -0.302. The van der Waals surface area contributed by atoms with Crippen LogP contribution in [0.1, 0.15) is 39.2 Å². The molecule has 0 heterocycles. The Labute approximate surface area is 130 Å². The van der Waals surface area contributed by atoms with E-state index in [0.29, 0.717) is 6.61 Å². The Morgan fingerprint density at radius 3 is 2.29 bits per heavy atom. The number of benzene rings is 1. The number of ether oxygens (including phenoxy) is 1. The average Bonchev–Trinajstić information content (AvgIpc) is 3.14. The molecule has 0 radical (unpaired) electrons. The van der Waals surface area contributed by atoms with E-state index in [0.717, 1.165) is 12.8 Å². The van der Waals surface area contributed by atoms with Gasteiger partial charge in [0, 0.05) is 12.8 Å². The topological polar surface area (TPSA) is 18.5 Å². The van der Waals surface area contributed by atoms with Crippen LogP contribution in [0.25, 0.3) is 6.08 Å². The van der Waals surface area contributed by atoms with Gasteiger partial charge in [0.25, 0.3) is 0 Å². The summed E-state index contributed by atoms with van der Waals surface area (Å²) in [5, 5.41) is 0.228. The van der Waals surface area contributed by atoms with E-state index < -0.39 is 8.32 Å². The van der Waals surface area contributed by atoms with Crippen molar-refractivity contribution in [2.75, 3.05) is 6.61 Å². The summed E-state index contributed by atoms with van der Waals surface area (Å²) in [5.41, 5.74) is 1.20. The molecule has 1 aromatic carbocycles. The molecule has 116 valence electrons. The highest BCUT2D eigenvalue weighted by atomic mass is 28.4. The zero-order valence-electron chi connectivity index (χ0n) is 14.0. The van der Waals surface area contributed by atoms with Crippen molar-refractivity contribution in [3.05, 3.63) is 42.0 Å². The molecule has 0 atom stereocenters. The Morgan fingerprint density at radius 1 is 1.14 bits per heavy atom. The van der Waals surface area contributed by atoms with Crippen molar-refractivity contribution in [2.24, 2.45) is 0 Å². The standard InChI is InChI=1S/C18H28O2Si/c1-17(2,3)21(4,5)20-18(13-14-18)19-15-9-12-16-10-7-6-8-11-16/h6-12H,13-15H2,1-5H3. The van der Waals surface area contributed by atoms with E-state index in [4.69, 9.17) is 9.16 Å². The molecule has 1 aromatic rings. The van der Waals surface area contributed by atoms with Crippen molar-refractivity contribution in [1.29, 1.82) is 0 Å². The van der Waals surface area contributed by atoms with Crippen LogP contribution in [0.4, 0.5) is 0 Å². The molecule has 0 bridgehead atoms. The summed E-state index contributed by atoms with van der Waals surface area (Å²) in [6.07, 6.45) is 6.23. The molecule has 0 aliphatic heterocycles. The fraction of sp³-hybridized carbons (Fsp3) is 0.556. The van der Waals surface area contributed by atoms with E-state index in [1.807, 2.05) is 18.2 Å². The van der Waals surface area contributed by atoms with E-state index in [1.165, 1.54) is 5.56 Å². The summed E-state index contributed by atoms with van der Waals surface area (Å²) >= 11 is 0. The van der Waals surface area contributed by atoms with Crippen LogP contribution in [0.3, 0.4) is 0 Å². The lowest BCUT2D eigenvalue weighted by molar-refractivity contribution is -0.103. The van der Waals surface area contributed by atoms with E-state index in [1.54, 1.807) is 0 Å². The second-order valence-electron chi connectivity index (χ2n) is 7.40. The Morgan fingerprint density at radius 2 is 1.76 bits per heavy atom. The summed E-state index contributed by atoms with van der Waals surface area (Å²) in [6.45, 7) is 12.0. The van der Waals surface area contributed by atoms with Gasteiger partial charge >= 0.3 is 0 Å². The van der Waals surface area contributed by atoms with Crippen molar-refractivity contribution in [1.82, 2.24) is 0 Å². The lowest BCUT2D eigenvalue weighted by atomic mass is 10.2. The van der Waals surface area contributed by atoms with Crippen molar-refractivity contribution < 1.29 is 9.16 Å². The fourth-order valence-corrected chi connectivity index (χ4v) is 3.44. The van der Waals surface area contributed by atoms with Crippen LogP contribution in [0.15, 0.2) is 36.4 Å². The first-order valence-corrected chi connectivity index (χ1v) is 10.7. The minimum absolute atomic E-state index is 0.228. The normalized spacial score (nSPS) is 18.1. The largest absolute Gasteiger partial charge is 0.390 e. The predicted octanol–water partition coefficient (Wildman–Crippen LogP) is 5.23. The Balaban J connectivity index is 1.84. The molecule has 0 spiro atoms. The molecule has 1 aliphatic carbocycles. The van der Waals surface area contributed by atoms with Gasteiger partial charge in [0.2, 0.25) is 0 Å². The molecule has 0 N–H and O–H groups in total. The molecule has 2 rings (SSSR count). The molecule has 3 heteroatoms. The van der Waals surface area contributed by atoms with Gasteiger partial charge < -0.3 is 9.16 Å². The van der Waals surface area contributed by atoms with E-state index in [2.05, 4.69) is 58.2 Å². The van der Waals surface area contributed by atoms with Crippen LogP contribution in [-0.4, -0.2) is 20.7 Å². The van der Waals surface area contributed by atoms with Gasteiger partial charge in [-0.15, -0.1) is 0 Å². The molecule has 2 nitrogen and oxygen atoms in total. The van der Waals surface area contributed by atoms with Crippen molar-refractivity contribution in [2.45, 2.75) is 57.5 Å². The quantitative estimate of drug-likeness (QED) is 0.529. The molecule has 1 saturated carbocycles. The molecule has 0 aromatic heterocycles. The van der Waals surface area contributed by atoms with Crippen molar-refractivity contribution in [3.63, 3.8) is 0 Å². The van der Waals surface area contributed by atoms with Gasteiger partial charge in [0.15, 0.2) is 14.1 Å². The van der Waals surface area contributed by atoms with Gasteiger partial charge in [-0.1, -0.05) is 63.3 Å². The third kappa shape index (κ3) is 4.53. The van der Waals surface area contributed by atoms with Crippen molar-refractivity contribution >= 4 is 14.4 Å². The molecule has 0 unspecified atom stereocenters. The Hall–Kier alpha value is -0.903. The molecular weight excluding hydrogens is 276 g/mol. The molecule has 1 fully saturated rings. The van der Waals surface area contributed by atoms with Gasteiger partial charge in [-0.25, -0.2) is 0 Å². The van der Waals surface area contributed by atoms with Gasteiger partial charge in [-0.05, 0) is 23.7 Å². The van der Waals surface area contributed by atoms with Gasteiger partial charge in [-0.2, -0.15) is 0 Å². The first kappa shape index (κ1) is 16.5. The molecule has 21 heavy (non-hydrogen) atoms. The average molecular weight is 305 g/mol. The van der Waals surface area contributed by atoms with Gasteiger partial charge in [-0.3, -0.25) is 0 Å². The summed E-state index contributed by atoms with van der Waals surface area (Å²) in [6, 6.07) is 10.3. The predicted molar refractivity (Wildman–Crippen MR) is 91.7 cm³/mol. The van der Waals surface area contributed by atoms with Gasteiger partial charge in [0.05, 0.1) is 6.61 Å². The highest BCUT2D eigenvalue weighted by Crippen LogP contribution is 2.48. The summed E-state index contributed by atoms with van der Waals surface area (Å²) in [4.78, 5) is 0. The highest BCUT2D eigenvalue weighted by molar-refractivity contribution is 6.74. The number of rotatable bonds is 6. The maximum Gasteiger partial charge on any atom is 0.195 e. The first-order valence-electron chi connectivity index (χ1n) is 7.80. The second kappa shape index (κ2) is 6.07. The third-order valence-electron chi connectivity index (χ3n) is 4.46. The smallest absolute Gasteiger partial charge is 0.195 e. The van der Waals surface area contributed by atoms with Crippen LogP contribution in [0, 0.1) is 0 Å². The molecular formula is C18H28O2Si. The minimum atomic E-state index is -1.75. The van der Waals surface area contributed by atoms with Gasteiger partial charge in [0.1, 0.15) is 0 Å². The minimum Gasteiger partial charge on any atom is -0.390 e. The zero-order valence-corrected chi connectivity index (χ0v) is 15.0. The monoisotopic (exact) mass is 304 g/mol. The third-order valence-corrected chi connectivity index (χ3v) is 8.95.